The van der Waals surface area contributed by atoms with Gasteiger partial charge in [0.25, 0.3) is 0 Å². The molecule has 3 rings (SSSR count). The molecule has 0 spiro atoms. The van der Waals surface area contributed by atoms with Crippen LogP contribution >= 0.6 is 0 Å². The number of ether oxygens (including phenoxy) is 1. The van der Waals surface area contributed by atoms with Crippen molar-refractivity contribution in [3.8, 4) is 0 Å². The molecule has 0 radical (unpaired) electrons. The van der Waals surface area contributed by atoms with Crippen molar-refractivity contribution in [1.29, 1.82) is 0 Å². The summed E-state index contributed by atoms with van der Waals surface area (Å²) in [5.74, 6) is 1.61. The summed E-state index contributed by atoms with van der Waals surface area (Å²) in [5, 5.41) is 7.24. The number of aromatic nitrogens is 2. The number of nitrogens with zero attached hydrogens (tertiary/aromatic N) is 5. The smallest absolute Gasteiger partial charge is 0.246 e. The highest BCUT2D eigenvalue weighted by atomic mass is 19.1. The zero-order valence-corrected chi connectivity index (χ0v) is 16.6. The Morgan fingerprint density at radius 2 is 2.00 bits per heavy atom. The Labute approximate surface area is 164 Å². The summed E-state index contributed by atoms with van der Waals surface area (Å²) >= 11 is 0. The predicted octanol–water partition coefficient (Wildman–Crippen LogP) is 2.20. The quantitative estimate of drug-likeness (QED) is 0.598. The van der Waals surface area contributed by atoms with Crippen molar-refractivity contribution in [2.75, 3.05) is 44.7 Å². The molecule has 0 bridgehead atoms. The molecule has 1 fully saturated rings. The van der Waals surface area contributed by atoms with E-state index in [2.05, 4.69) is 30.2 Å². The lowest BCUT2D eigenvalue weighted by Crippen LogP contribution is -2.52. The lowest BCUT2D eigenvalue weighted by Gasteiger charge is -2.37. The van der Waals surface area contributed by atoms with Crippen LogP contribution in [0.2, 0.25) is 0 Å². The van der Waals surface area contributed by atoms with E-state index in [1.165, 1.54) is 12.1 Å². The highest BCUT2D eigenvalue weighted by Crippen LogP contribution is 2.17. The van der Waals surface area contributed by atoms with E-state index in [9.17, 15) is 4.39 Å². The number of halogens is 1. The molecule has 1 aliphatic rings. The van der Waals surface area contributed by atoms with Gasteiger partial charge in [0.1, 0.15) is 11.9 Å². The molecule has 0 saturated carbocycles. The number of piperazine rings is 1. The number of anilines is 1. The number of hydrogen-bond donors (Lipinski definition) is 1. The summed E-state index contributed by atoms with van der Waals surface area (Å²) in [7, 11) is 1.76. The molecule has 1 atom stereocenters. The Kier molecular flexibility index (Phi) is 6.80. The van der Waals surface area contributed by atoms with E-state index in [1.54, 1.807) is 7.05 Å². The van der Waals surface area contributed by atoms with Crippen molar-refractivity contribution in [1.82, 2.24) is 20.4 Å². The standard InChI is InChI=1S/C19H27FN6O2/c1-4-27-14(2)18-23-17(28-24-18)13-22-19(21-3)26-11-9-25(10-12-26)16-7-5-15(20)6-8-16/h5-8,14H,4,9-13H2,1-3H3,(H,21,22). The van der Waals surface area contributed by atoms with Crippen molar-refractivity contribution >= 4 is 11.6 Å². The molecule has 0 amide bonds. The van der Waals surface area contributed by atoms with Crippen molar-refractivity contribution in [2.45, 2.75) is 26.5 Å². The molecule has 152 valence electrons. The van der Waals surface area contributed by atoms with E-state index < -0.39 is 0 Å². The predicted molar refractivity (Wildman–Crippen MR) is 105 cm³/mol. The van der Waals surface area contributed by atoms with Crippen molar-refractivity contribution in [3.05, 3.63) is 41.8 Å². The lowest BCUT2D eigenvalue weighted by atomic mass is 10.2. The fourth-order valence-electron chi connectivity index (χ4n) is 3.14. The largest absolute Gasteiger partial charge is 0.371 e. The zero-order chi connectivity index (χ0) is 19.9. The first-order chi connectivity index (χ1) is 13.6. The lowest BCUT2D eigenvalue weighted by molar-refractivity contribution is 0.0683. The minimum atomic E-state index is -0.216. The maximum atomic E-state index is 13.1. The highest BCUT2D eigenvalue weighted by Gasteiger charge is 2.21. The van der Waals surface area contributed by atoms with Gasteiger partial charge in [0, 0.05) is 45.5 Å². The molecule has 1 aromatic heterocycles. The number of benzene rings is 1. The van der Waals surface area contributed by atoms with Crippen LogP contribution in [0.5, 0.6) is 0 Å². The van der Waals surface area contributed by atoms with Crippen LogP contribution in [0.1, 0.15) is 31.7 Å². The van der Waals surface area contributed by atoms with Crippen LogP contribution in [0.25, 0.3) is 0 Å². The average molecular weight is 390 g/mol. The number of rotatable bonds is 6. The molecule has 1 unspecified atom stereocenters. The maximum absolute atomic E-state index is 13.1. The third-order valence-corrected chi connectivity index (χ3v) is 4.64. The number of aliphatic imine (C=N–C) groups is 1. The first kappa shape index (κ1) is 20.1. The molecular formula is C19H27FN6O2. The van der Waals surface area contributed by atoms with Gasteiger partial charge in [-0.15, -0.1) is 0 Å². The summed E-state index contributed by atoms with van der Waals surface area (Å²) in [5.41, 5.74) is 1.03. The van der Waals surface area contributed by atoms with Gasteiger partial charge in [-0.25, -0.2) is 4.39 Å². The molecular weight excluding hydrogens is 363 g/mol. The van der Waals surface area contributed by atoms with Crippen LogP contribution in [-0.2, 0) is 11.3 Å². The molecule has 1 N–H and O–H groups in total. The van der Waals surface area contributed by atoms with Gasteiger partial charge < -0.3 is 24.4 Å². The van der Waals surface area contributed by atoms with Crippen LogP contribution < -0.4 is 10.2 Å². The Morgan fingerprint density at radius 3 is 2.64 bits per heavy atom. The second-order valence-electron chi connectivity index (χ2n) is 6.50. The molecule has 1 aromatic carbocycles. The number of nitrogens with one attached hydrogen (secondary N) is 1. The second kappa shape index (κ2) is 9.50. The summed E-state index contributed by atoms with van der Waals surface area (Å²) in [6.07, 6.45) is -0.193. The van der Waals surface area contributed by atoms with Gasteiger partial charge in [-0.3, -0.25) is 4.99 Å². The first-order valence-corrected chi connectivity index (χ1v) is 9.51. The van der Waals surface area contributed by atoms with Crippen molar-refractivity contribution in [2.24, 2.45) is 4.99 Å². The van der Waals surface area contributed by atoms with Gasteiger partial charge in [-0.1, -0.05) is 5.16 Å². The maximum Gasteiger partial charge on any atom is 0.246 e. The van der Waals surface area contributed by atoms with E-state index >= 15 is 0 Å². The molecule has 1 saturated heterocycles. The van der Waals surface area contributed by atoms with Crippen LogP contribution in [0.4, 0.5) is 10.1 Å². The van der Waals surface area contributed by atoms with E-state index in [1.807, 2.05) is 26.0 Å². The van der Waals surface area contributed by atoms with Gasteiger partial charge in [0.15, 0.2) is 11.8 Å². The molecule has 0 aliphatic carbocycles. The molecule has 2 heterocycles. The normalized spacial score (nSPS) is 16.4. The summed E-state index contributed by atoms with van der Waals surface area (Å²) < 4.78 is 23.9. The van der Waals surface area contributed by atoms with Crippen LogP contribution in [0.3, 0.4) is 0 Å². The van der Waals surface area contributed by atoms with Gasteiger partial charge in [0.2, 0.25) is 5.89 Å². The monoisotopic (exact) mass is 390 g/mol. The zero-order valence-electron chi connectivity index (χ0n) is 16.6. The van der Waals surface area contributed by atoms with E-state index in [-0.39, 0.29) is 11.9 Å². The summed E-state index contributed by atoms with van der Waals surface area (Å²) in [6, 6.07) is 6.61. The summed E-state index contributed by atoms with van der Waals surface area (Å²) in [6.45, 7) is 8.12. The van der Waals surface area contributed by atoms with Crippen molar-refractivity contribution in [3.63, 3.8) is 0 Å². The van der Waals surface area contributed by atoms with Crippen LogP contribution in [-0.4, -0.2) is 60.8 Å². The van der Waals surface area contributed by atoms with E-state index in [0.717, 1.165) is 37.8 Å². The number of guanidine groups is 1. The van der Waals surface area contributed by atoms with Crippen LogP contribution in [0.15, 0.2) is 33.8 Å². The Balaban J connectivity index is 1.50. The topological polar surface area (TPSA) is 79.0 Å². The Bertz CT molecular complexity index is 771. The van der Waals surface area contributed by atoms with Crippen molar-refractivity contribution < 1.29 is 13.7 Å². The van der Waals surface area contributed by atoms with Gasteiger partial charge in [-0.05, 0) is 38.1 Å². The average Bonchev–Trinajstić information content (AvgIpc) is 3.19. The fraction of sp³-hybridized carbons (Fsp3) is 0.526. The van der Waals surface area contributed by atoms with Crippen LogP contribution in [0, 0.1) is 5.82 Å². The van der Waals surface area contributed by atoms with E-state index in [4.69, 9.17) is 9.26 Å². The second-order valence-corrected chi connectivity index (χ2v) is 6.50. The first-order valence-electron chi connectivity index (χ1n) is 9.51. The minimum Gasteiger partial charge on any atom is -0.371 e. The number of hydrogen-bond acceptors (Lipinski definition) is 6. The van der Waals surface area contributed by atoms with E-state index in [0.29, 0.717) is 24.9 Å². The van der Waals surface area contributed by atoms with Gasteiger partial charge in [0.05, 0.1) is 6.54 Å². The third-order valence-electron chi connectivity index (χ3n) is 4.64. The minimum absolute atomic E-state index is 0.193. The fourth-order valence-corrected chi connectivity index (χ4v) is 3.14. The molecule has 28 heavy (non-hydrogen) atoms. The Morgan fingerprint density at radius 1 is 1.29 bits per heavy atom. The highest BCUT2D eigenvalue weighted by molar-refractivity contribution is 5.80. The molecule has 8 nitrogen and oxygen atoms in total. The SMILES string of the molecule is CCOC(C)c1noc(CNC(=NC)N2CCN(c3ccc(F)cc3)CC2)n1. The summed E-state index contributed by atoms with van der Waals surface area (Å²) in [4.78, 5) is 13.1. The third kappa shape index (κ3) is 4.98. The Hall–Kier alpha value is -2.68. The molecule has 1 aliphatic heterocycles. The van der Waals surface area contributed by atoms with Gasteiger partial charge in [-0.2, -0.15) is 4.98 Å². The molecule has 2 aromatic rings. The van der Waals surface area contributed by atoms with Gasteiger partial charge >= 0.3 is 0 Å². The molecule has 9 heteroatoms.